The normalized spacial score (nSPS) is 15.7. The second kappa shape index (κ2) is 8.52. The van der Waals surface area contributed by atoms with Crippen molar-refractivity contribution < 1.29 is 5.11 Å². The Hall–Kier alpha value is -0.0800. The Kier molecular flexibility index (Phi) is 8.46. The topological polar surface area (TPSA) is 32.3 Å². The highest BCUT2D eigenvalue weighted by Crippen LogP contribution is 2.02. The molecule has 0 aliphatic rings. The molecule has 2 atom stereocenters. The van der Waals surface area contributed by atoms with Crippen LogP contribution in [0.1, 0.15) is 46.5 Å². The minimum atomic E-state index is 0.312. The van der Waals surface area contributed by atoms with Crippen molar-refractivity contribution in [3.63, 3.8) is 0 Å². The van der Waals surface area contributed by atoms with Crippen LogP contribution in [0.25, 0.3) is 0 Å². The Balaban J connectivity index is 3.29. The molecule has 0 rings (SSSR count). The molecule has 13 heavy (non-hydrogen) atoms. The quantitative estimate of drug-likeness (QED) is 0.610. The summed E-state index contributed by atoms with van der Waals surface area (Å²) in [5, 5.41) is 12.2. The van der Waals surface area contributed by atoms with Crippen molar-refractivity contribution in [3.8, 4) is 0 Å². The van der Waals surface area contributed by atoms with Gasteiger partial charge in [-0.15, -0.1) is 0 Å². The van der Waals surface area contributed by atoms with E-state index in [1.54, 1.807) is 0 Å². The van der Waals surface area contributed by atoms with E-state index in [-0.39, 0.29) is 0 Å². The van der Waals surface area contributed by atoms with E-state index in [4.69, 9.17) is 5.11 Å². The fourth-order valence-electron chi connectivity index (χ4n) is 1.34. The Morgan fingerprint density at radius 3 is 2.46 bits per heavy atom. The number of aliphatic hydroxyl groups is 1. The zero-order chi connectivity index (χ0) is 10.1. The second-order valence-corrected chi connectivity index (χ2v) is 4.07. The molecule has 0 aliphatic heterocycles. The highest BCUT2D eigenvalue weighted by Gasteiger charge is 2.04. The van der Waals surface area contributed by atoms with E-state index in [9.17, 15) is 0 Å². The minimum Gasteiger partial charge on any atom is -0.396 e. The maximum absolute atomic E-state index is 8.72. The molecule has 0 amide bonds. The lowest BCUT2D eigenvalue weighted by Crippen LogP contribution is -2.30. The fourth-order valence-corrected chi connectivity index (χ4v) is 1.34. The van der Waals surface area contributed by atoms with Gasteiger partial charge in [0.15, 0.2) is 0 Å². The van der Waals surface area contributed by atoms with Gasteiger partial charge in [0.25, 0.3) is 0 Å². The maximum atomic E-state index is 8.72. The van der Waals surface area contributed by atoms with Crippen LogP contribution in [0.5, 0.6) is 0 Å². The molecule has 0 aromatic heterocycles. The zero-order valence-corrected chi connectivity index (χ0v) is 9.34. The monoisotopic (exact) mass is 187 g/mol. The van der Waals surface area contributed by atoms with Crippen LogP contribution in [-0.2, 0) is 0 Å². The largest absolute Gasteiger partial charge is 0.396 e. The Bertz CT molecular complexity index is 106. The van der Waals surface area contributed by atoms with Crippen LogP contribution in [0.2, 0.25) is 0 Å². The summed E-state index contributed by atoms with van der Waals surface area (Å²) in [4.78, 5) is 0. The molecule has 0 aromatic rings. The van der Waals surface area contributed by atoms with Crippen molar-refractivity contribution in [2.24, 2.45) is 5.92 Å². The van der Waals surface area contributed by atoms with Gasteiger partial charge in [0, 0.05) is 12.6 Å². The molecule has 0 radical (unpaired) electrons. The summed E-state index contributed by atoms with van der Waals surface area (Å²) in [6.45, 7) is 7.98. The summed E-state index contributed by atoms with van der Waals surface area (Å²) in [6, 6.07) is 0.626. The first-order valence-corrected chi connectivity index (χ1v) is 5.55. The van der Waals surface area contributed by atoms with Crippen LogP contribution in [-0.4, -0.2) is 24.3 Å². The zero-order valence-electron chi connectivity index (χ0n) is 9.34. The van der Waals surface area contributed by atoms with Crippen molar-refractivity contribution in [2.45, 2.75) is 52.5 Å². The Morgan fingerprint density at radius 2 is 1.92 bits per heavy atom. The molecule has 2 heteroatoms. The standard InChI is InChI=1S/C11H25NO/c1-4-5-6-11(3)12-9-10(2)7-8-13/h10-13H,4-9H2,1-3H3. The van der Waals surface area contributed by atoms with E-state index in [1.807, 2.05) is 0 Å². The van der Waals surface area contributed by atoms with E-state index in [0.29, 0.717) is 18.6 Å². The molecule has 80 valence electrons. The van der Waals surface area contributed by atoms with Gasteiger partial charge in [-0.2, -0.15) is 0 Å². The summed E-state index contributed by atoms with van der Waals surface area (Å²) in [5.74, 6) is 0.592. The van der Waals surface area contributed by atoms with Crippen molar-refractivity contribution >= 4 is 0 Å². The van der Waals surface area contributed by atoms with Gasteiger partial charge in [0.2, 0.25) is 0 Å². The van der Waals surface area contributed by atoms with Crippen LogP contribution in [0, 0.1) is 5.92 Å². The summed E-state index contributed by atoms with van der Waals surface area (Å²) >= 11 is 0. The molecule has 2 nitrogen and oxygen atoms in total. The highest BCUT2D eigenvalue weighted by atomic mass is 16.3. The van der Waals surface area contributed by atoms with Crippen molar-refractivity contribution in [3.05, 3.63) is 0 Å². The summed E-state index contributed by atoms with van der Waals surface area (Å²) in [7, 11) is 0. The number of unbranched alkanes of at least 4 members (excludes halogenated alkanes) is 1. The van der Waals surface area contributed by atoms with Crippen molar-refractivity contribution in [1.82, 2.24) is 5.32 Å². The van der Waals surface area contributed by atoms with E-state index in [2.05, 4.69) is 26.1 Å². The van der Waals surface area contributed by atoms with Gasteiger partial charge in [-0.25, -0.2) is 0 Å². The lowest BCUT2D eigenvalue weighted by atomic mass is 10.1. The minimum absolute atomic E-state index is 0.312. The fraction of sp³-hybridized carbons (Fsp3) is 1.00. The summed E-state index contributed by atoms with van der Waals surface area (Å²) in [6.07, 6.45) is 4.76. The van der Waals surface area contributed by atoms with Crippen LogP contribution in [0.15, 0.2) is 0 Å². The molecule has 0 spiro atoms. The summed E-state index contributed by atoms with van der Waals surface area (Å²) in [5.41, 5.74) is 0. The number of nitrogens with one attached hydrogen (secondary N) is 1. The third kappa shape index (κ3) is 8.26. The van der Waals surface area contributed by atoms with Crippen LogP contribution < -0.4 is 5.32 Å². The average Bonchev–Trinajstić information content (AvgIpc) is 2.12. The smallest absolute Gasteiger partial charge is 0.0434 e. The molecule has 0 fully saturated rings. The number of aliphatic hydroxyl groups excluding tert-OH is 1. The molecule has 0 bridgehead atoms. The van der Waals surface area contributed by atoms with E-state index < -0.39 is 0 Å². The predicted octanol–water partition coefficient (Wildman–Crippen LogP) is 2.17. The Labute approximate surface area is 82.7 Å². The Morgan fingerprint density at radius 1 is 1.23 bits per heavy atom. The molecule has 0 heterocycles. The molecule has 0 aliphatic carbocycles. The van der Waals surface area contributed by atoms with Crippen LogP contribution in [0.3, 0.4) is 0 Å². The molecular weight excluding hydrogens is 162 g/mol. The highest BCUT2D eigenvalue weighted by molar-refractivity contribution is 4.63. The van der Waals surface area contributed by atoms with Crippen molar-refractivity contribution in [2.75, 3.05) is 13.2 Å². The third-order valence-corrected chi connectivity index (χ3v) is 2.43. The van der Waals surface area contributed by atoms with Gasteiger partial charge in [-0.1, -0.05) is 26.7 Å². The third-order valence-electron chi connectivity index (χ3n) is 2.43. The lowest BCUT2D eigenvalue weighted by molar-refractivity contribution is 0.257. The van der Waals surface area contributed by atoms with Gasteiger partial charge >= 0.3 is 0 Å². The first-order chi connectivity index (χ1) is 6.20. The van der Waals surface area contributed by atoms with E-state index in [1.165, 1.54) is 19.3 Å². The van der Waals surface area contributed by atoms with Crippen LogP contribution in [0.4, 0.5) is 0 Å². The molecule has 0 saturated heterocycles. The SMILES string of the molecule is CCCCC(C)NCC(C)CCO. The number of hydrogen-bond donors (Lipinski definition) is 2. The average molecular weight is 187 g/mol. The molecule has 0 aromatic carbocycles. The maximum Gasteiger partial charge on any atom is 0.0434 e. The molecular formula is C11H25NO. The lowest BCUT2D eigenvalue weighted by Gasteiger charge is -2.16. The van der Waals surface area contributed by atoms with Crippen molar-refractivity contribution in [1.29, 1.82) is 0 Å². The van der Waals surface area contributed by atoms with Gasteiger partial charge in [0.1, 0.15) is 0 Å². The van der Waals surface area contributed by atoms with E-state index >= 15 is 0 Å². The molecule has 2 unspecified atom stereocenters. The van der Waals surface area contributed by atoms with Crippen LogP contribution >= 0.6 is 0 Å². The predicted molar refractivity (Wildman–Crippen MR) is 57.9 cm³/mol. The number of rotatable bonds is 8. The number of hydrogen-bond acceptors (Lipinski definition) is 2. The first-order valence-electron chi connectivity index (χ1n) is 5.55. The first kappa shape index (κ1) is 12.9. The van der Waals surface area contributed by atoms with E-state index in [0.717, 1.165) is 13.0 Å². The second-order valence-electron chi connectivity index (χ2n) is 4.07. The van der Waals surface area contributed by atoms with Gasteiger partial charge in [0.05, 0.1) is 0 Å². The molecule has 0 saturated carbocycles. The van der Waals surface area contributed by atoms with Gasteiger partial charge < -0.3 is 10.4 Å². The van der Waals surface area contributed by atoms with Gasteiger partial charge in [-0.05, 0) is 32.2 Å². The van der Waals surface area contributed by atoms with Gasteiger partial charge in [-0.3, -0.25) is 0 Å². The summed E-state index contributed by atoms with van der Waals surface area (Å²) < 4.78 is 0. The molecule has 2 N–H and O–H groups in total.